The minimum absolute atomic E-state index is 0.0329. The Labute approximate surface area is 331 Å². The first-order valence-corrected chi connectivity index (χ1v) is 19.2. The Morgan fingerprint density at radius 2 is 1.66 bits per heavy atom. The van der Waals surface area contributed by atoms with Gasteiger partial charge in [-0.3, -0.25) is 38.4 Å². The Hall–Kier alpha value is -5.92. The third-order valence-corrected chi connectivity index (χ3v) is 11.4. The number of piperazine rings is 1. The van der Waals surface area contributed by atoms with Crippen molar-refractivity contribution in [3.63, 3.8) is 0 Å². The van der Waals surface area contributed by atoms with Gasteiger partial charge in [0.25, 0.3) is 5.91 Å². The smallest absolute Gasteiger partial charge is 0.403 e. The number of carbonyl (C=O) groups excluding carboxylic acids is 3. The van der Waals surface area contributed by atoms with Gasteiger partial charge in [-0.1, -0.05) is 12.1 Å². The van der Waals surface area contributed by atoms with Crippen molar-refractivity contribution >= 4 is 51.0 Å². The molecule has 5 aromatic rings. The highest BCUT2D eigenvalue weighted by atomic mass is 19.4. The van der Waals surface area contributed by atoms with E-state index in [1.165, 1.54) is 10.6 Å². The van der Waals surface area contributed by atoms with E-state index >= 15 is 0 Å². The third kappa shape index (κ3) is 8.22. The van der Waals surface area contributed by atoms with Crippen molar-refractivity contribution < 1.29 is 45.5 Å². The van der Waals surface area contributed by atoms with E-state index in [9.17, 15) is 45.5 Å². The first-order chi connectivity index (χ1) is 28.0. The Bertz CT molecular complexity index is 2490. The van der Waals surface area contributed by atoms with Gasteiger partial charge in [0.15, 0.2) is 5.75 Å². The largest absolute Gasteiger partial charge is 0.573 e. The fourth-order valence-electron chi connectivity index (χ4n) is 8.50. The number of aromatic nitrogens is 5. The standard InChI is InChI=1S/C39H39F6N9O5/c1-50-34-28(5-3-6-29(34)54(37(50)58)30-12-13-33(55)48-36(30)57)52-16-14-51(15-17-52)20-22-8-10-24(11-9-22)53-21-23-18-27(31(19-26(23)49-53)59-39(43,44)45)47-35(56)25-4-2-7-32(46-25)38(40,41)42/h2-7,18-19,21-22,24,30H,8-17,20H2,1H3,(H,47,56)(H,48,55,57). The van der Waals surface area contributed by atoms with Crippen molar-refractivity contribution in [3.05, 3.63) is 76.6 Å². The second-order valence-corrected chi connectivity index (χ2v) is 15.2. The molecule has 2 aliphatic heterocycles. The van der Waals surface area contributed by atoms with Crippen LogP contribution in [0.1, 0.15) is 66.8 Å². The molecule has 2 saturated heterocycles. The lowest BCUT2D eigenvalue weighted by molar-refractivity contribution is -0.274. The third-order valence-electron chi connectivity index (χ3n) is 11.4. The van der Waals surface area contributed by atoms with Crippen LogP contribution < -0.4 is 26.0 Å². The number of imidazole rings is 1. The van der Waals surface area contributed by atoms with Gasteiger partial charge in [-0.05, 0) is 68.4 Å². The number of halogens is 6. The fraction of sp³-hybridized carbons (Fsp3) is 0.436. The number of nitrogens with one attached hydrogen (secondary N) is 2. The summed E-state index contributed by atoms with van der Waals surface area (Å²) in [5.74, 6) is -2.34. The molecule has 3 fully saturated rings. The molecule has 0 radical (unpaired) electrons. The number of rotatable bonds is 8. The molecule has 0 bridgehead atoms. The van der Waals surface area contributed by atoms with Crippen LogP contribution in [0.15, 0.2) is 59.5 Å². The summed E-state index contributed by atoms with van der Waals surface area (Å²) >= 11 is 0. The number of piperidine rings is 1. The molecular formula is C39H39F6N9O5. The molecule has 59 heavy (non-hydrogen) atoms. The number of imide groups is 1. The topological polar surface area (TPSA) is 149 Å². The number of aryl methyl sites for hydroxylation is 1. The van der Waals surface area contributed by atoms with E-state index in [1.807, 2.05) is 18.2 Å². The molecule has 2 N–H and O–H groups in total. The zero-order valence-electron chi connectivity index (χ0n) is 31.6. The summed E-state index contributed by atoms with van der Waals surface area (Å²) in [6.45, 7) is 3.94. The highest BCUT2D eigenvalue weighted by Crippen LogP contribution is 2.38. The molecule has 8 rings (SSSR count). The van der Waals surface area contributed by atoms with Gasteiger partial charge in [0.05, 0.1) is 34.0 Å². The van der Waals surface area contributed by atoms with Crippen molar-refractivity contribution in [2.45, 2.75) is 63.1 Å². The number of fused-ring (bicyclic) bond motifs is 2. The van der Waals surface area contributed by atoms with E-state index in [2.05, 4.69) is 35.3 Å². The van der Waals surface area contributed by atoms with Gasteiger partial charge in [0, 0.05) is 63.8 Å². The van der Waals surface area contributed by atoms with E-state index in [4.69, 9.17) is 0 Å². The zero-order chi connectivity index (χ0) is 41.8. The van der Waals surface area contributed by atoms with Gasteiger partial charge < -0.3 is 15.0 Å². The summed E-state index contributed by atoms with van der Waals surface area (Å²) in [4.78, 5) is 58.7. The average Bonchev–Trinajstić information content (AvgIpc) is 3.71. The summed E-state index contributed by atoms with van der Waals surface area (Å²) in [5.41, 5.74) is -0.233. The maximum Gasteiger partial charge on any atom is 0.573 e. The number of carbonyl (C=O) groups is 3. The minimum Gasteiger partial charge on any atom is -0.403 e. The molecule has 14 nitrogen and oxygen atoms in total. The van der Waals surface area contributed by atoms with E-state index in [-0.39, 0.29) is 36.0 Å². The summed E-state index contributed by atoms with van der Waals surface area (Å²) in [6, 6.07) is 9.82. The van der Waals surface area contributed by atoms with E-state index < -0.39 is 53.2 Å². The fourth-order valence-corrected chi connectivity index (χ4v) is 8.50. The number of para-hydroxylation sites is 1. The molecule has 1 saturated carbocycles. The lowest BCUT2D eigenvalue weighted by Gasteiger charge is -2.39. The van der Waals surface area contributed by atoms with Crippen LogP contribution in [-0.2, 0) is 22.8 Å². The Balaban J connectivity index is 0.900. The predicted molar refractivity (Wildman–Crippen MR) is 202 cm³/mol. The summed E-state index contributed by atoms with van der Waals surface area (Å²) < 4.78 is 88.6. The average molecular weight is 828 g/mol. The van der Waals surface area contributed by atoms with Crippen LogP contribution in [0.4, 0.5) is 37.7 Å². The van der Waals surface area contributed by atoms with Crippen molar-refractivity contribution in [2.75, 3.05) is 42.9 Å². The number of hydrogen-bond acceptors (Lipinski definition) is 9. The van der Waals surface area contributed by atoms with Crippen molar-refractivity contribution in [1.82, 2.24) is 34.1 Å². The number of anilines is 2. The first kappa shape index (κ1) is 39.9. The molecule has 1 unspecified atom stereocenters. The zero-order valence-corrected chi connectivity index (χ0v) is 31.6. The Morgan fingerprint density at radius 1 is 0.932 bits per heavy atom. The summed E-state index contributed by atoms with van der Waals surface area (Å²) in [7, 11) is 1.69. The highest BCUT2D eigenvalue weighted by Gasteiger charge is 2.36. The number of nitrogens with zero attached hydrogens (tertiary/aromatic N) is 7. The Morgan fingerprint density at radius 3 is 2.36 bits per heavy atom. The molecule has 20 heteroatoms. The lowest BCUT2D eigenvalue weighted by Crippen LogP contribution is -2.48. The highest BCUT2D eigenvalue weighted by molar-refractivity contribution is 6.05. The van der Waals surface area contributed by atoms with Gasteiger partial charge >= 0.3 is 18.2 Å². The maximum atomic E-state index is 13.4. The van der Waals surface area contributed by atoms with E-state index in [0.717, 1.165) is 87.8 Å². The molecule has 3 amide bonds. The quantitative estimate of drug-likeness (QED) is 0.147. The van der Waals surface area contributed by atoms with Crippen LogP contribution in [0.3, 0.4) is 0 Å². The van der Waals surface area contributed by atoms with Gasteiger partial charge in [-0.2, -0.15) is 18.3 Å². The van der Waals surface area contributed by atoms with Gasteiger partial charge in [-0.25, -0.2) is 9.78 Å². The molecular weight excluding hydrogens is 788 g/mol. The Kier molecular flexibility index (Phi) is 10.4. The van der Waals surface area contributed by atoms with Crippen LogP contribution in [0, 0.1) is 5.92 Å². The molecule has 5 heterocycles. The molecule has 1 atom stereocenters. The number of alkyl halides is 6. The summed E-state index contributed by atoms with van der Waals surface area (Å²) in [5, 5.41) is 9.50. The van der Waals surface area contributed by atoms with Crippen LogP contribution in [0.25, 0.3) is 21.9 Å². The SMILES string of the molecule is Cn1c(=O)n(C2CCC(=O)NC2=O)c2cccc(N3CCN(CC4CCC(n5cc6cc(NC(=O)c7cccc(C(F)(F)F)n7)c(OC(F)(F)F)cc6n5)CC4)CC3)c21. The normalized spacial score (nSPS) is 20.9. The predicted octanol–water partition coefficient (Wildman–Crippen LogP) is 5.79. The minimum atomic E-state index is -5.13. The molecule has 0 spiro atoms. The van der Waals surface area contributed by atoms with Crippen LogP contribution in [0.2, 0.25) is 0 Å². The van der Waals surface area contributed by atoms with Crippen LogP contribution >= 0.6 is 0 Å². The second-order valence-electron chi connectivity index (χ2n) is 15.2. The summed E-state index contributed by atoms with van der Waals surface area (Å²) in [6.07, 6.45) is -4.54. The van der Waals surface area contributed by atoms with Crippen molar-refractivity contribution in [2.24, 2.45) is 13.0 Å². The van der Waals surface area contributed by atoms with E-state index in [1.54, 1.807) is 22.5 Å². The molecule has 3 aromatic heterocycles. The van der Waals surface area contributed by atoms with Crippen molar-refractivity contribution in [3.8, 4) is 5.75 Å². The maximum absolute atomic E-state index is 13.4. The van der Waals surface area contributed by atoms with Crippen LogP contribution in [-0.4, -0.2) is 85.6 Å². The van der Waals surface area contributed by atoms with Crippen molar-refractivity contribution in [1.29, 1.82) is 0 Å². The van der Waals surface area contributed by atoms with Gasteiger partial charge in [0.2, 0.25) is 11.8 Å². The second kappa shape index (κ2) is 15.4. The first-order valence-electron chi connectivity index (χ1n) is 19.2. The monoisotopic (exact) mass is 827 g/mol. The molecule has 2 aromatic carbocycles. The number of pyridine rings is 1. The number of hydrogen-bond donors (Lipinski definition) is 2. The van der Waals surface area contributed by atoms with E-state index in [0.29, 0.717) is 22.9 Å². The van der Waals surface area contributed by atoms with Crippen LogP contribution in [0.5, 0.6) is 5.75 Å². The molecule has 3 aliphatic rings. The van der Waals surface area contributed by atoms with Gasteiger partial charge in [0.1, 0.15) is 17.4 Å². The number of amides is 3. The molecule has 1 aliphatic carbocycles. The molecule has 312 valence electrons. The van der Waals surface area contributed by atoms with Gasteiger partial charge in [-0.15, -0.1) is 13.2 Å². The number of benzene rings is 2. The lowest BCUT2D eigenvalue weighted by atomic mass is 9.85. The number of ether oxygens (including phenoxy) is 1.